The first-order chi connectivity index (χ1) is 13.3. The van der Waals surface area contributed by atoms with Crippen LogP contribution >= 0.6 is 0 Å². The van der Waals surface area contributed by atoms with E-state index in [2.05, 4.69) is 10.2 Å². The third kappa shape index (κ3) is 2.89. The van der Waals surface area contributed by atoms with Crippen LogP contribution in [0.4, 0.5) is 0 Å². The number of carbonyl (C=O) groups excluding carboxylic acids is 1. The molecule has 2 atom stereocenters. The van der Waals surface area contributed by atoms with Crippen LogP contribution in [0.3, 0.4) is 0 Å². The summed E-state index contributed by atoms with van der Waals surface area (Å²) in [5.41, 5.74) is 0.830. The standard InChI is InChI=1S/C20H20N4O3/c25-20(17-13-26-15-7-1-2-8-16(15)27-17)23-10-5-6-14(12-23)19-22-21-18-9-3-4-11-24(18)19/h1-4,7-9,11,14,17H,5-6,10,12-13H2. The molecule has 27 heavy (non-hydrogen) atoms. The minimum Gasteiger partial charge on any atom is -0.485 e. The number of rotatable bonds is 2. The van der Waals surface area contributed by atoms with Crippen LogP contribution in [0.5, 0.6) is 11.5 Å². The molecule has 138 valence electrons. The van der Waals surface area contributed by atoms with Crippen molar-refractivity contribution >= 4 is 11.6 Å². The van der Waals surface area contributed by atoms with Crippen LogP contribution in [0.25, 0.3) is 5.65 Å². The number of benzene rings is 1. The molecule has 7 heteroatoms. The second-order valence-electron chi connectivity index (χ2n) is 6.97. The van der Waals surface area contributed by atoms with E-state index in [1.807, 2.05) is 58.0 Å². The first-order valence-electron chi connectivity index (χ1n) is 9.26. The van der Waals surface area contributed by atoms with Crippen molar-refractivity contribution in [3.63, 3.8) is 0 Å². The van der Waals surface area contributed by atoms with E-state index in [-0.39, 0.29) is 18.4 Å². The number of ether oxygens (including phenoxy) is 2. The number of para-hydroxylation sites is 2. The summed E-state index contributed by atoms with van der Waals surface area (Å²) in [5.74, 6) is 2.36. The predicted octanol–water partition coefficient (Wildman–Crippen LogP) is 2.28. The summed E-state index contributed by atoms with van der Waals surface area (Å²) in [4.78, 5) is 14.9. The average molecular weight is 364 g/mol. The Morgan fingerprint density at radius 3 is 2.85 bits per heavy atom. The molecule has 0 bridgehead atoms. The van der Waals surface area contributed by atoms with Crippen molar-refractivity contribution in [2.75, 3.05) is 19.7 Å². The third-order valence-corrected chi connectivity index (χ3v) is 5.22. The molecular formula is C20H20N4O3. The molecule has 2 aromatic heterocycles. The maximum absolute atomic E-state index is 13.0. The van der Waals surface area contributed by atoms with Crippen LogP contribution in [0.15, 0.2) is 48.7 Å². The molecule has 1 saturated heterocycles. The van der Waals surface area contributed by atoms with E-state index >= 15 is 0 Å². The molecule has 1 aromatic carbocycles. The van der Waals surface area contributed by atoms with Gasteiger partial charge in [0.15, 0.2) is 17.1 Å². The minimum absolute atomic E-state index is 0.0250. The van der Waals surface area contributed by atoms with Gasteiger partial charge in [-0.25, -0.2) is 0 Å². The Bertz CT molecular complexity index is 986. The summed E-state index contributed by atoms with van der Waals surface area (Å²) in [6.45, 7) is 1.59. The van der Waals surface area contributed by atoms with Crippen molar-refractivity contribution in [1.29, 1.82) is 0 Å². The van der Waals surface area contributed by atoms with Crippen LogP contribution in [0.2, 0.25) is 0 Å². The largest absolute Gasteiger partial charge is 0.485 e. The van der Waals surface area contributed by atoms with Gasteiger partial charge in [0, 0.05) is 25.2 Å². The van der Waals surface area contributed by atoms with Gasteiger partial charge in [-0.15, -0.1) is 10.2 Å². The summed E-state index contributed by atoms with van der Waals surface area (Å²) < 4.78 is 13.6. The smallest absolute Gasteiger partial charge is 0.267 e. The number of aromatic nitrogens is 3. The maximum Gasteiger partial charge on any atom is 0.267 e. The zero-order chi connectivity index (χ0) is 18.2. The molecule has 0 N–H and O–H groups in total. The Morgan fingerprint density at radius 1 is 1.07 bits per heavy atom. The summed E-state index contributed by atoms with van der Waals surface area (Å²) in [6.07, 6.45) is 3.29. The summed E-state index contributed by atoms with van der Waals surface area (Å²) >= 11 is 0. The molecular weight excluding hydrogens is 344 g/mol. The highest BCUT2D eigenvalue weighted by Gasteiger charge is 2.34. The highest BCUT2D eigenvalue weighted by atomic mass is 16.6. The molecule has 2 aliphatic heterocycles. The van der Waals surface area contributed by atoms with Crippen LogP contribution in [-0.4, -0.2) is 51.2 Å². The van der Waals surface area contributed by atoms with Crippen LogP contribution in [0.1, 0.15) is 24.6 Å². The van der Waals surface area contributed by atoms with Gasteiger partial charge in [-0.2, -0.15) is 0 Å². The van der Waals surface area contributed by atoms with Crippen molar-refractivity contribution in [3.8, 4) is 11.5 Å². The van der Waals surface area contributed by atoms with Crippen molar-refractivity contribution in [2.24, 2.45) is 0 Å². The third-order valence-electron chi connectivity index (χ3n) is 5.22. The van der Waals surface area contributed by atoms with Gasteiger partial charge in [0.2, 0.25) is 6.10 Å². The molecule has 0 spiro atoms. The van der Waals surface area contributed by atoms with E-state index < -0.39 is 6.10 Å². The van der Waals surface area contributed by atoms with Crippen molar-refractivity contribution in [3.05, 3.63) is 54.5 Å². The van der Waals surface area contributed by atoms with Gasteiger partial charge >= 0.3 is 0 Å². The first kappa shape index (κ1) is 16.1. The molecule has 0 saturated carbocycles. The number of amides is 1. The number of pyridine rings is 1. The fraction of sp³-hybridized carbons (Fsp3) is 0.350. The lowest BCUT2D eigenvalue weighted by molar-refractivity contribution is -0.142. The van der Waals surface area contributed by atoms with Crippen molar-refractivity contribution in [1.82, 2.24) is 19.5 Å². The van der Waals surface area contributed by atoms with E-state index in [1.165, 1.54) is 0 Å². The molecule has 1 amide bonds. The van der Waals surface area contributed by atoms with Crippen LogP contribution in [-0.2, 0) is 4.79 Å². The lowest BCUT2D eigenvalue weighted by atomic mass is 9.96. The summed E-state index contributed by atoms with van der Waals surface area (Å²) in [6, 6.07) is 13.3. The molecule has 2 aliphatic rings. The van der Waals surface area contributed by atoms with E-state index in [4.69, 9.17) is 9.47 Å². The number of fused-ring (bicyclic) bond motifs is 2. The second kappa shape index (κ2) is 6.57. The number of carbonyl (C=O) groups is 1. The quantitative estimate of drug-likeness (QED) is 0.698. The van der Waals surface area contributed by atoms with E-state index in [0.29, 0.717) is 18.0 Å². The summed E-state index contributed by atoms with van der Waals surface area (Å²) in [5, 5.41) is 8.62. The monoisotopic (exact) mass is 364 g/mol. The molecule has 5 rings (SSSR count). The lowest BCUT2D eigenvalue weighted by Crippen LogP contribution is -2.49. The SMILES string of the molecule is O=C(C1COc2ccccc2O1)N1CCCC(c2nnc3ccccn23)C1. The maximum atomic E-state index is 13.0. The van der Waals surface area contributed by atoms with Gasteiger partial charge < -0.3 is 14.4 Å². The van der Waals surface area contributed by atoms with Crippen LogP contribution in [0, 0.1) is 0 Å². The fourth-order valence-corrected chi connectivity index (χ4v) is 3.87. The Kier molecular flexibility index (Phi) is 3.92. The average Bonchev–Trinajstić information content (AvgIpc) is 3.17. The molecule has 3 aromatic rings. The molecule has 1 fully saturated rings. The number of nitrogens with zero attached hydrogens (tertiary/aromatic N) is 4. The molecule has 2 unspecified atom stereocenters. The molecule has 4 heterocycles. The molecule has 0 aliphatic carbocycles. The summed E-state index contributed by atoms with van der Waals surface area (Å²) in [7, 11) is 0. The van der Waals surface area contributed by atoms with Gasteiger partial charge in [-0.1, -0.05) is 18.2 Å². The Labute approximate surface area is 156 Å². The van der Waals surface area contributed by atoms with E-state index in [0.717, 1.165) is 30.9 Å². The van der Waals surface area contributed by atoms with Crippen molar-refractivity contribution < 1.29 is 14.3 Å². The number of hydrogen-bond acceptors (Lipinski definition) is 5. The van der Waals surface area contributed by atoms with E-state index in [9.17, 15) is 4.79 Å². The van der Waals surface area contributed by atoms with Gasteiger partial charge in [-0.05, 0) is 37.1 Å². The highest BCUT2D eigenvalue weighted by molar-refractivity contribution is 5.82. The van der Waals surface area contributed by atoms with E-state index in [1.54, 1.807) is 0 Å². The van der Waals surface area contributed by atoms with Gasteiger partial charge in [0.1, 0.15) is 12.4 Å². The molecule has 0 radical (unpaired) electrons. The zero-order valence-corrected chi connectivity index (χ0v) is 14.8. The van der Waals surface area contributed by atoms with Gasteiger partial charge in [0.05, 0.1) is 0 Å². The topological polar surface area (TPSA) is 69.0 Å². The highest BCUT2D eigenvalue weighted by Crippen LogP contribution is 2.32. The number of piperidine rings is 1. The predicted molar refractivity (Wildman–Crippen MR) is 97.9 cm³/mol. The normalized spacial score (nSPS) is 22.0. The van der Waals surface area contributed by atoms with Gasteiger partial charge in [-0.3, -0.25) is 9.20 Å². The Balaban J connectivity index is 1.33. The Morgan fingerprint density at radius 2 is 1.93 bits per heavy atom. The molecule has 7 nitrogen and oxygen atoms in total. The number of likely N-dealkylation sites (tertiary alicyclic amines) is 1. The van der Waals surface area contributed by atoms with Crippen molar-refractivity contribution in [2.45, 2.75) is 24.9 Å². The number of hydrogen-bond donors (Lipinski definition) is 0. The Hall–Kier alpha value is -3.09. The van der Waals surface area contributed by atoms with Crippen LogP contribution < -0.4 is 9.47 Å². The second-order valence-corrected chi connectivity index (χ2v) is 6.97. The minimum atomic E-state index is -0.603. The lowest BCUT2D eigenvalue weighted by Gasteiger charge is -2.35. The zero-order valence-electron chi connectivity index (χ0n) is 14.8. The first-order valence-corrected chi connectivity index (χ1v) is 9.26. The van der Waals surface area contributed by atoms with Gasteiger partial charge in [0.25, 0.3) is 5.91 Å². The fourth-order valence-electron chi connectivity index (χ4n) is 3.87.